The lowest BCUT2D eigenvalue weighted by molar-refractivity contribution is -0.265. The van der Waals surface area contributed by atoms with Crippen LogP contribution in [0.15, 0.2) is 36.4 Å². The van der Waals surface area contributed by atoms with Crippen molar-refractivity contribution in [3.8, 4) is 5.75 Å². The monoisotopic (exact) mass is 260 g/mol. The lowest BCUT2D eigenvalue weighted by Crippen LogP contribution is -2.42. The molecule has 100 valence electrons. The van der Waals surface area contributed by atoms with Crippen molar-refractivity contribution in [2.24, 2.45) is 0 Å². The van der Waals surface area contributed by atoms with Crippen molar-refractivity contribution in [2.75, 3.05) is 7.11 Å². The highest BCUT2D eigenvalue weighted by Crippen LogP contribution is 2.45. The maximum atomic E-state index is 13.1. The molecule has 0 aromatic heterocycles. The van der Waals surface area contributed by atoms with Crippen LogP contribution in [-0.2, 0) is 5.60 Å². The van der Waals surface area contributed by atoms with Gasteiger partial charge in [-0.15, -0.1) is 0 Å². The van der Waals surface area contributed by atoms with Gasteiger partial charge in [-0.3, -0.25) is 0 Å². The highest BCUT2D eigenvalue weighted by atomic mass is 19.4. The zero-order valence-electron chi connectivity index (χ0n) is 10.2. The van der Waals surface area contributed by atoms with Crippen molar-refractivity contribution in [1.29, 1.82) is 0 Å². The number of methoxy groups -OCH3 is 1. The molecule has 0 fully saturated rings. The van der Waals surface area contributed by atoms with E-state index in [2.05, 4.69) is 0 Å². The smallest absolute Gasteiger partial charge is 0.421 e. The maximum Gasteiger partial charge on any atom is 0.421 e. The van der Waals surface area contributed by atoms with Gasteiger partial charge < -0.3 is 9.84 Å². The Morgan fingerprint density at radius 2 is 1.89 bits per heavy atom. The average molecular weight is 260 g/mol. The molecular formula is C13H15F3O2. The van der Waals surface area contributed by atoms with Crippen molar-refractivity contribution in [1.82, 2.24) is 0 Å². The fraction of sp³-hybridized carbons (Fsp3) is 0.385. The molecule has 0 unspecified atom stereocenters. The standard InChI is InChI=1S/C13H15F3O2/c1-3-4-9-12(17,13(14,15)16)10-7-5-6-8-11(10)18-2/h3-8,17H,9H2,1-2H3/b4-3-/t12-/m1/s1. The molecule has 1 atom stereocenters. The third-order valence-corrected chi connectivity index (χ3v) is 2.67. The number of hydrogen-bond donors (Lipinski definition) is 1. The molecule has 0 aliphatic heterocycles. The summed E-state index contributed by atoms with van der Waals surface area (Å²) in [5.41, 5.74) is -3.22. The molecule has 0 spiro atoms. The lowest BCUT2D eigenvalue weighted by atomic mass is 9.88. The van der Waals surface area contributed by atoms with Crippen LogP contribution in [0.1, 0.15) is 18.9 Å². The van der Waals surface area contributed by atoms with Crippen molar-refractivity contribution < 1.29 is 23.0 Å². The average Bonchev–Trinajstić information content (AvgIpc) is 2.34. The molecule has 0 amide bonds. The zero-order chi connectivity index (χ0) is 13.8. The van der Waals surface area contributed by atoms with Crippen LogP contribution in [0.4, 0.5) is 13.2 Å². The molecule has 2 nitrogen and oxygen atoms in total. The Labute approximate surface area is 104 Å². The van der Waals surface area contributed by atoms with Crippen molar-refractivity contribution >= 4 is 0 Å². The molecular weight excluding hydrogens is 245 g/mol. The van der Waals surface area contributed by atoms with Gasteiger partial charge >= 0.3 is 6.18 Å². The van der Waals surface area contributed by atoms with Gasteiger partial charge in [0.05, 0.1) is 7.11 Å². The minimum atomic E-state index is -4.78. The summed E-state index contributed by atoms with van der Waals surface area (Å²) in [6, 6.07) is 5.59. The number of ether oxygens (including phenoxy) is 1. The molecule has 5 heteroatoms. The minimum absolute atomic E-state index is 0.0156. The Hall–Kier alpha value is -1.49. The predicted octanol–water partition coefficient (Wildman–Crippen LogP) is 3.41. The van der Waals surface area contributed by atoms with Gasteiger partial charge in [0, 0.05) is 12.0 Å². The molecule has 0 aliphatic rings. The van der Waals surface area contributed by atoms with Gasteiger partial charge in [0.15, 0.2) is 5.60 Å². The fourth-order valence-electron chi connectivity index (χ4n) is 1.65. The highest BCUT2D eigenvalue weighted by Gasteiger charge is 2.55. The molecule has 0 saturated heterocycles. The minimum Gasteiger partial charge on any atom is -0.496 e. The van der Waals surface area contributed by atoms with E-state index in [0.717, 1.165) is 0 Å². The maximum absolute atomic E-state index is 13.1. The Morgan fingerprint density at radius 3 is 2.39 bits per heavy atom. The molecule has 1 N–H and O–H groups in total. The number of para-hydroxylation sites is 1. The van der Waals surface area contributed by atoms with E-state index in [1.54, 1.807) is 13.0 Å². The number of alkyl halides is 3. The first-order chi connectivity index (χ1) is 8.36. The van der Waals surface area contributed by atoms with E-state index < -0.39 is 18.2 Å². The summed E-state index contributed by atoms with van der Waals surface area (Å²) < 4.78 is 44.2. The van der Waals surface area contributed by atoms with E-state index in [9.17, 15) is 18.3 Å². The van der Waals surface area contributed by atoms with E-state index in [4.69, 9.17) is 4.74 Å². The first-order valence-corrected chi connectivity index (χ1v) is 5.40. The third-order valence-electron chi connectivity index (χ3n) is 2.67. The molecule has 0 heterocycles. The van der Waals surface area contributed by atoms with Crippen LogP contribution in [0, 0.1) is 0 Å². The number of rotatable bonds is 4. The molecule has 0 radical (unpaired) electrons. The first kappa shape index (κ1) is 14.6. The second kappa shape index (κ2) is 5.44. The molecule has 1 rings (SSSR count). The van der Waals surface area contributed by atoms with Crippen LogP contribution in [0.2, 0.25) is 0 Å². The summed E-state index contributed by atoms with van der Waals surface area (Å²) in [5, 5.41) is 10.0. The Kier molecular flexibility index (Phi) is 4.40. The van der Waals surface area contributed by atoms with Gasteiger partial charge in [-0.05, 0) is 13.0 Å². The van der Waals surface area contributed by atoms with Gasteiger partial charge in [0.2, 0.25) is 0 Å². The Bertz CT molecular complexity index is 426. The second-order valence-corrected chi connectivity index (χ2v) is 3.83. The van der Waals surface area contributed by atoms with E-state index in [1.807, 2.05) is 0 Å². The predicted molar refractivity (Wildman–Crippen MR) is 62.4 cm³/mol. The van der Waals surface area contributed by atoms with Gasteiger partial charge in [0.1, 0.15) is 5.75 Å². The van der Waals surface area contributed by atoms with Gasteiger partial charge in [-0.25, -0.2) is 0 Å². The van der Waals surface area contributed by atoms with E-state index in [0.29, 0.717) is 0 Å². The van der Waals surface area contributed by atoms with Crippen LogP contribution >= 0.6 is 0 Å². The number of benzene rings is 1. The molecule has 1 aromatic rings. The van der Waals surface area contributed by atoms with Crippen LogP contribution in [0.3, 0.4) is 0 Å². The van der Waals surface area contributed by atoms with Crippen LogP contribution in [-0.4, -0.2) is 18.4 Å². The molecule has 1 aromatic carbocycles. The van der Waals surface area contributed by atoms with Crippen molar-refractivity contribution in [2.45, 2.75) is 25.1 Å². The highest BCUT2D eigenvalue weighted by molar-refractivity contribution is 5.39. The summed E-state index contributed by atoms with van der Waals surface area (Å²) in [7, 11) is 1.27. The number of halogens is 3. The number of hydrogen-bond acceptors (Lipinski definition) is 2. The Morgan fingerprint density at radius 1 is 1.28 bits per heavy atom. The van der Waals surface area contributed by atoms with Crippen LogP contribution in [0.5, 0.6) is 5.75 Å². The van der Waals surface area contributed by atoms with Gasteiger partial charge in [-0.2, -0.15) is 13.2 Å². The topological polar surface area (TPSA) is 29.5 Å². The number of allylic oxidation sites excluding steroid dienone is 1. The lowest BCUT2D eigenvalue weighted by Gasteiger charge is -2.31. The van der Waals surface area contributed by atoms with Crippen molar-refractivity contribution in [3.05, 3.63) is 42.0 Å². The fourth-order valence-corrected chi connectivity index (χ4v) is 1.65. The largest absolute Gasteiger partial charge is 0.496 e. The third kappa shape index (κ3) is 2.67. The summed E-state index contributed by atoms with van der Waals surface area (Å²) in [5.74, 6) is 0.0156. The normalized spacial score (nSPS) is 15.7. The van der Waals surface area contributed by atoms with Crippen LogP contribution < -0.4 is 4.74 Å². The molecule has 0 aliphatic carbocycles. The van der Waals surface area contributed by atoms with E-state index >= 15 is 0 Å². The summed E-state index contributed by atoms with van der Waals surface area (Å²) in [6.07, 6.45) is -2.58. The second-order valence-electron chi connectivity index (χ2n) is 3.83. The van der Waals surface area contributed by atoms with Gasteiger partial charge in [-0.1, -0.05) is 30.4 Å². The summed E-state index contributed by atoms with van der Waals surface area (Å²) in [4.78, 5) is 0. The zero-order valence-corrected chi connectivity index (χ0v) is 10.2. The SMILES string of the molecule is C/C=C\C[C@@](O)(c1ccccc1OC)C(F)(F)F. The van der Waals surface area contributed by atoms with Gasteiger partial charge in [0.25, 0.3) is 0 Å². The first-order valence-electron chi connectivity index (χ1n) is 5.40. The quantitative estimate of drug-likeness (QED) is 0.841. The number of aliphatic hydroxyl groups is 1. The van der Waals surface area contributed by atoms with E-state index in [-0.39, 0.29) is 11.3 Å². The molecule has 18 heavy (non-hydrogen) atoms. The Balaban J connectivity index is 3.34. The summed E-state index contributed by atoms with van der Waals surface area (Å²) >= 11 is 0. The molecule has 0 saturated carbocycles. The summed E-state index contributed by atoms with van der Waals surface area (Å²) in [6.45, 7) is 1.60. The van der Waals surface area contributed by atoms with Crippen LogP contribution in [0.25, 0.3) is 0 Å². The van der Waals surface area contributed by atoms with Crippen molar-refractivity contribution in [3.63, 3.8) is 0 Å². The van der Waals surface area contributed by atoms with E-state index in [1.165, 1.54) is 37.5 Å². The molecule has 0 bridgehead atoms.